The van der Waals surface area contributed by atoms with Gasteiger partial charge in [0.05, 0.1) is 23.7 Å². The second-order valence-electron chi connectivity index (χ2n) is 7.66. The van der Waals surface area contributed by atoms with Gasteiger partial charge < -0.3 is 19.5 Å². The molecule has 8 nitrogen and oxygen atoms in total. The normalized spacial score (nSPS) is 14.5. The Hall–Kier alpha value is -3.60. The first-order valence-electron chi connectivity index (χ1n) is 10.3. The minimum atomic E-state index is -4.56. The molecule has 2 heterocycles. The summed E-state index contributed by atoms with van der Waals surface area (Å²) in [5.74, 6) is -0.476. The topological polar surface area (TPSA) is 89.6 Å². The maximum absolute atomic E-state index is 13.7. The Morgan fingerprint density at radius 1 is 1.12 bits per heavy atom. The lowest BCUT2D eigenvalue weighted by molar-refractivity contribution is -0.384. The highest BCUT2D eigenvalue weighted by Crippen LogP contribution is 2.35. The minimum absolute atomic E-state index is 0.0270. The molecule has 0 radical (unpaired) electrons. The van der Waals surface area contributed by atoms with E-state index in [1.165, 1.54) is 24.3 Å². The van der Waals surface area contributed by atoms with Crippen molar-refractivity contribution in [1.82, 2.24) is 9.88 Å². The third-order valence-electron chi connectivity index (χ3n) is 5.53. The molecule has 1 aromatic heterocycles. The van der Waals surface area contributed by atoms with Crippen LogP contribution in [0.2, 0.25) is 0 Å². The number of anilines is 1. The van der Waals surface area contributed by atoms with Crippen molar-refractivity contribution < 1.29 is 27.6 Å². The summed E-state index contributed by atoms with van der Waals surface area (Å²) in [5.41, 5.74) is 0.200. The van der Waals surface area contributed by atoms with E-state index in [2.05, 4.69) is 5.32 Å². The number of non-ortho nitro benzene ring substituents is 1. The number of amides is 1. The molecule has 1 amide bonds. The van der Waals surface area contributed by atoms with Gasteiger partial charge in [0.1, 0.15) is 6.54 Å². The van der Waals surface area contributed by atoms with E-state index in [0.29, 0.717) is 42.9 Å². The first-order valence-corrected chi connectivity index (χ1v) is 10.3. The van der Waals surface area contributed by atoms with Crippen molar-refractivity contribution in [1.29, 1.82) is 0 Å². The second kappa shape index (κ2) is 9.10. The first kappa shape index (κ1) is 22.6. The third-order valence-corrected chi connectivity index (χ3v) is 5.53. The Labute approximate surface area is 186 Å². The predicted molar refractivity (Wildman–Crippen MR) is 115 cm³/mol. The molecule has 11 heteroatoms. The number of fused-ring (bicyclic) bond motifs is 1. The van der Waals surface area contributed by atoms with Gasteiger partial charge in [0.2, 0.25) is 5.91 Å². The predicted octanol–water partition coefficient (Wildman–Crippen LogP) is 3.72. The number of ether oxygens (including phenoxy) is 1. The van der Waals surface area contributed by atoms with Crippen molar-refractivity contribution in [2.75, 3.05) is 31.2 Å². The number of hydrogen-bond acceptors (Lipinski definition) is 5. The number of benzene rings is 2. The highest BCUT2D eigenvalue weighted by atomic mass is 19.4. The van der Waals surface area contributed by atoms with Gasteiger partial charge in [-0.25, -0.2) is 0 Å². The fourth-order valence-electron chi connectivity index (χ4n) is 3.84. The van der Waals surface area contributed by atoms with Crippen LogP contribution >= 0.6 is 0 Å². The van der Waals surface area contributed by atoms with Crippen molar-refractivity contribution in [3.05, 3.63) is 69.9 Å². The number of rotatable bonds is 6. The quantitative estimate of drug-likeness (QED) is 0.446. The van der Waals surface area contributed by atoms with Crippen LogP contribution in [0.3, 0.4) is 0 Å². The molecule has 0 aliphatic carbocycles. The monoisotopic (exact) mass is 462 g/mol. The lowest BCUT2D eigenvalue weighted by atomic mass is 10.0. The van der Waals surface area contributed by atoms with Crippen molar-refractivity contribution in [3.8, 4) is 0 Å². The number of carbonyl (C=O) groups is 1. The number of nitro benzene ring substituents is 1. The maximum atomic E-state index is 13.7. The molecule has 3 aromatic rings. The summed E-state index contributed by atoms with van der Waals surface area (Å²) in [5, 5.41) is 14.0. The van der Waals surface area contributed by atoms with Crippen LogP contribution in [0.15, 0.2) is 48.7 Å². The molecule has 174 valence electrons. The van der Waals surface area contributed by atoms with Crippen LogP contribution in [0.25, 0.3) is 10.9 Å². The zero-order valence-electron chi connectivity index (χ0n) is 17.5. The Bertz CT molecular complexity index is 1190. The number of halogens is 3. The minimum Gasteiger partial charge on any atom is -0.378 e. The summed E-state index contributed by atoms with van der Waals surface area (Å²) < 4.78 is 47.9. The molecule has 0 unspecified atom stereocenters. The van der Waals surface area contributed by atoms with Gasteiger partial charge in [-0.15, -0.1) is 0 Å². The van der Waals surface area contributed by atoms with E-state index < -0.39 is 22.6 Å². The standard InChI is InChI=1S/C22H21F3N4O4/c23-22(24,25)19-12-17(27-7-9-33-10-8-27)2-1-16(19)13-26-21(30)14-28-6-5-15-11-18(29(31)32)3-4-20(15)28/h1-6,11-12H,7-10,13-14H2,(H,26,30). The molecular formula is C22H21F3N4O4. The molecule has 1 fully saturated rings. The van der Waals surface area contributed by atoms with E-state index in [1.54, 1.807) is 22.9 Å². The van der Waals surface area contributed by atoms with Crippen molar-refractivity contribution in [3.63, 3.8) is 0 Å². The average Bonchev–Trinajstić information content (AvgIpc) is 3.19. The molecule has 1 aliphatic rings. The number of hydrogen-bond donors (Lipinski definition) is 1. The summed E-state index contributed by atoms with van der Waals surface area (Å²) in [6.07, 6.45) is -2.96. The fourth-order valence-corrected chi connectivity index (χ4v) is 3.84. The van der Waals surface area contributed by atoms with Gasteiger partial charge in [-0.1, -0.05) is 6.07 Å². The zero-order valence-corrected chi connectivity index (χ0v) is 17.5. The van der Waals surface area contributed by atoms with Crippen LogP contribution in [0, 0.1) is 10.1 Å². The lowest BCUT2D eigenvalue weighted by Crippen LogP contribution is -2.36. The molecule has 0 atom stereocenters. The molecule has 1 saturated heterocycles. The Morgan fingerprint density at radius 3 is 2.58 bits per heavy atom. The molecule has 33 heavy (non-hydrogen) atoms. The van der Waals surface area contributed by atoms with Crippen molar-refractivity contribution >= 4 is 28.2 Å². The molecule has 1 aliphatic heterocycles. The molecule has 0 bridgehead atoms. The highest BCUT2D eigenvalue weighted by molar-refractivity contribution is 5.85. The zero-order chi connectivity index (χ0) is 23.6. The number of aromatic nitrogens is 1. The van der Waals surface area contributed by atoms with Gasteiger partial charge in [0, 0.05) is 54.6 Å². The maximum Gasteiger partial charge on any atom is 0.416 e. The van der Waals surface area contributed by atoms with E-state index in [1.807, 2.05) is 4.90 Å². The van der Waals surface area contributed by atoms with Gasteiger partial charge >= 0.3 is 6.18 Å². The van der Waals surface area contributed by atoms with Crippen molar-refractivity contribution in [2.45, 2.75) is 19.3 Å². The lowest BCUT2D eigenvalue weighted by Gasteiger charge is -2.29. The van der Waals surface area contributed by atoms with Gasteiger partial charge in [-0.05, 0) is 29.8 Å². The number of nitrogens with zero attached hydrogens (tertiary/aromatic N) is 3. The number of carbonyl (C=O) groups excluding carboxylic acids is 1. The Kier molecular flexibility index (Phi) is 6.23. The van der Waals surface area contributed by atoms with Gasteiger partial charge in [0.25, 0.3) is 5.69 Å². The molecule has 1 N–H and O–H groups in total. The SMILES string of the molecule is O=C(Cn1ccc2cc([N+](=O)[O-])ccc21)NCc1ccc(N2CCOCC2)cc1C(F)(F)F. The van der Waals surface area contributed by atoms with Crippen molar-refractivity contribution in [2.24, 2.45) is 0 Å². The van der Waals surface area contributed by atoms with Crippen LogP contribution in [0.4, 0.5) is 24.5 Å². The summed E-state index contributed by atoms with van der Waals surface area (Å²) >= 11 is 0. The van der Waals surface area contributed by atoms with Gasteiger partial charge in [0.15, 0.2) is 0 Å². The molecule has 4 rings (SSSR count). The molecule has 0 saturated carbocycles. The number of alkyl halides is 3. The van der Waals surface area contributed by atoms with E-state index in [0.717, 1.165) is 6.07 Å². The summed E-state index contributed by atoms with van der Waals surface area (Å²) in [6.45, 7) is 1.54. The Balaban J connectivity index is 1.46. The number of nitro groups is 1. The molecular weight excluding hydrogens is 441 g/mol. The first-order chi connectivity index (χ1) is 15.7. The van der Waals surface area contributed by atoms with Crippen LogP contribution in [0.5, 0.6) is 0 Å². The van der Waals surface area contributed by atoms with E-state index >= 15 is 0 Å². The third kappa shape index (κ3) is 5.08. The molecule has 0 spiro atoms. The molecule has 2 aromatic carbocycles. The largest absolute Gasteiger partial charge is 0.416 e. The van der Waals surface area contributed by atoms with E-state index in [-0.39, 0.29) is 24.3 Å². The summed E-state index contributed by atoms with van der Waals surface area (Å²) in [4.78, 5) is 24.7. The van der Waals surface area contributed by atoms with Gasteiger partial charge in [-0.3, -0.25) is 14.9 Å². The van der Waals surface area contributed by atoms with Gasteiger partial charge in [-0.2, -0.15) is 13.2 Å². The highest BCUT2D eigenvalue weighted by Gasteiger charge is 2.34. The summed E-state index contributed by atoms with van der Waals surface area (Å²) in [7, 11) is 0. The number of nitrogens with one attached hydrogen (secondary N) is 1. The summed E-state index contributed by atoms with van der Waals surface area (Å²) in [6, 6.07) is 10.0. The Morgan fingerprint density at radius 2 is 1.88 bits per heavy atom. The van der Waals surface area contributed by atoms with Crippen LogP contribution in [-0.2, 0) is 28.8 Å². The van der Waals surface area contributed by atoms with E-state index in [9.17, 15) is 28.1 Å². The number of morpholine rings is 1. The van der Waals surface area contributed by atoms with Crippen LogP contribution in [0.1, 0.15) is 11.1 Å². The average molecular weight is 462 g/mol. The van der Waals surface area contributed by atoms with Crippen LogP contribution in [-0.4, -0.2) is 41.7 Å². The smallest absolute Gasteiger partial charge is 0.378 e. The van der Waals surface area contributed by atoms with E-state index in [4.69, 9.17) is 4.74 Å². The second-order valence-corrected chi connectivity index (χ2v) is 7.66. The van der Waals surface area contributed by atoms with Crippen LogP contribution < -0.4 is 10.2 Å². The fraction of sp³-hybridized carbons (Fsp3) is 0.318.